The summed E-state index contributed by atoms with van der Waals surface area (Å²) in [4.78, 5) is 25.7. The molecule has 0 radical (unpaired) electrons. The molecule has 1 aromatic rings. The Hall–Kier alpha value is -1.89. The number of aryl methyl sites for hydroxylation is 1. The number of primary amides is 1. The minimum atomic E-state index is -0.745. The van der Waals surface area contributed by atoms with Crippen LogP contribution >= 0.6 is 0 Å². The summed E-state index contributed by atoms with van der Waals surface area (Å²) in [5.41, 5.74) is 6.30. The van der Waals surface area contributed by atoms with E-state index >= 15 is 0 Å². The Bertz CT molecular complexity index is 540. The van der Waals surface area contributed by atoms with E-state index in [1.54, 1.807) is 17.1 Å². The van der Waals surface area contributed by atoms with Gasteiger partial charge in [-0.25, -0.2) is 0 Å². The Morgan fingerprint density at radius 2 is 2.14 bits per heavy atom. The van der Waals surface area contributed by atoms with Gasteiger partial charge in [0.05, 0.1) is 12.3 Å². The topological polar surface area (TPSA) is 101 Å². The smallest absolute Gasteiger partial charge is 0.248 e. The molecule has 7 heteroatoms. The molecule has 1 aromatic heterocycles. The van der Waals surface area contributed by atoms with E-state index in [0.29, 0.717) is 0 Å². The summed E-state index contributed by atoms with van der Waals surface area (Å²) in [6.07, 6.45) is 2.98. The van der Waals surface area contributed by atoms with Gasteiger partial charge in [0.1, 0.15) is 12.1 Å². The van der Waals surface area contributed by atoms with E-state index in [0.717, 1.165) is 5.56 Å². The van der Waals surface area contributed by atoms with E-state index in [4.69, 9.17) is 5.73 Å². The average molecular weight is 294 g/mol. The number of β-amino-alcohol motifs (C(OH)–C–C–N with tert-alkyl or cyclic N) is 1. The largest absolute Gasteiger partial charge is 0.391 e. The van der Waals surface area contributed by atoms with Crippen molar-refractivity contribution in [1.82, 2.24) is 14.7 Å². The molecule has 2 heterocycles. The fraction of sp³-hybridized carbons (Fsp3) is 0.643. The quantitative estimate of drug-likeness (QED) is 0.805. The molecule has 3 atom stereocenters. The van der Waals surface area contributed by atoms with Gasteiger partial charge in [-0.05, 0) is 18.4 Å². The molecule has 1 saturated heterocycles. The first kappa shape index (κ1) is 15.5. The first-order valence-electron chi connectivity index (χ1n) is 7.10. The van der Waals surface area contributed by atoms with Crippen molar-refractivity contribution in [2.45, 2.75) is 45.4 Å². The highest BCUT2D eigenvalue weighted by atomic mass is 16.3. The second-order valence-electron chi connectivity index (χ2n) is 5.98. The number of aliphatic hydroxyl groups is 1. The lowest BCUT2D eigenvalue weighted by Crippen LogP contribution is -2.47. The number of nitrogens with zero attached hydrogens (tertiary/aromatic N) is 3. The Morgan fingerprint density at radius 1 is 1.48 bits per heavy atom. The van der Waals surface area contributed by atoms with Gasteiger partial charge in [0, 0.05) is 19.2 Å². The summed E-state index contributed by atoms with van der Waals surface area (Å²) in [5.74, 6) is -0.810. The highest BCUT2D eigenvalue weighted by molar-refractivity contribution is 5.89. The van der Waals surface area contributed by atoms with Crippen LogP contribution in [0.1, 0.15) is 31.9 Å². The molecule has 0 bridgehead atoms. The van der Waals surface area contributed by atoms with Crippen molar-refractivity contribution < 1.29 is 14.7 Å². The second-order valence-corrected chi connectivity index (χ2v) is 5.98. The van der Waals surface area contributed by atoms with Crippen LogP contribution in [-0.2, 0) is 9.59 Å². The van der Waals surface area contributed by atoms with E-state index in [1.165, 1.54) is 4.90 Å². The maximum atomic E-state index is 12.8. The SMILES string of the molecule is Cc1cnn(C(C(=O)N2CC(O)CC2C(N)=O)C(C)C)c1. The number of aromatic nitrogens is 2. The number of rotatable bonds is 4. The van der Waals surface area contributed by atoms with Crippen LogP contribution < -0.4 is 5.73 Å². The van der Waals surface area contributed by atoms with E-state index in [9.17, 15) is 14.7 Å². The highest BCUT2D eigenvalue weighted by Gasteiger charge is 2.41. The Kier molecular flexibility index (Phi) is 4.32. The van der Waals surface area contributed by atoms with Crippen LogP contribution in [0.5, 0.6) is 0 Å². The zero-order valence-corrected chi connectivity index (χ0v) is 12.6. The molecule has 3 unspecified atom stereocenters. The number of likely N-dealkylation sites (tertiary alicyclic amines) is 1. The molecular weight excluding hydrogens is 272 g/mol. The Balaban J connectivity index is 2.28. The molecule has 0 spiro atoms. The molecule has 1 aliphatic rings. The fourth-order valence-electron chi connectivity index (χ4n) is 2.79. The van der Waals surface area contributed by atoms with E-state index in [-0.39, 0.29) is 24.8 Å². The third-order valence-corrected chi connectivity index (χ3v) is 3.79. The fourth-order valence-corrected chi connectivity index (χ4v) is 2.79. The maximum absolute atomic E-state index is 12.8. The number of carbonyl (C=O) groups is 2. The van der Waals surface area contributed by atoms with Crippen LogP contribution in [0.3, 0.4) is 0 Å². The zero-order valence-electron chi connectivity index (χ0n) is 12.6. The summed E-state index contributed by atoms with van der Waals surface area (Å²) < 4.78 is 1.62. The van der Waals surface area contributed by atoms with E-state index in [1.807, 2.05) is 20.8 Å². The van der Waals surface area contributed by atoms with Gasteiger partial charge >= 0.3 is 0 Å². The number of nitrogens with two attached hydrogens (primary N) is 1. The molecule has 2 rings (SSSR count). The van der Waals surface area contributed by atoms with Crippen molar-refractivity contribution in [3.63, 3.8) is 0 Å². The van der Waals surface area contributed by atoms with Gasteiger partial charge in [0.25, 0.3) is 0 Å². The van der Waals surface area contributed by atoms with Crippen molar-refractivity contribution in [2.24, 2.45) is 11.7 Å². The summed E-state index contributed by atoms with van der Waals surface area (Å²) >= 11 is 0. The van der Waals surface area contributed by atoms with Crippen molar-refractivity contribution in [3.8, 4) is 0 Å². The molecule has 0 aliphatic carbocycles. The molecule has 116 valence electrons. The van der Waals surface area contributed by atoms with Crippen molar-refractivity contribution in [1.29, 1.82) is 0 Å². The van der Waals surface area contributed by atoms with Gasteiger partial charge in [0.2, 0.25) is 11.8 Å². The highest BCUT2D eigenvalue weighted by Crippen LogP contribution is 2.26. The van der Waals surface area contributed by atoms with Crippen molar-refractivity contribution in [2.75, 3.05) is 6.54 Å². The third kappa shape index (κ3) is 3.07. The number of amides is 2. The predicted octanol–water partition coefficient (Wildman–Crippen LogP) is -0.164. The normalized spacial score (nSPS) is 23.6. The second kappa shape index (κ2) is 5.85. The van der Waals surface area contributed by atoms with Gasteiger partial charge in [0.15, 0.2) is 0 Å². The van der Waals surface area contributed by atoms with Crippen LogP contribution in [0.25, 0.3) is 0 Å². The molecule has 1 fully saturated rings. The molecule has 0 aromatic carbocycles. The van der Waals surface area contributed by atoms with Gasteiger partial charge < -0.3 is 15.7 Å². The third-order valence-electron chi connectivity index (χ3n) is 3.79. The summed E-state index contributed by atoms with van der Waals surface area (Å²) in [6.45, 7) is 5.88. The Labute approximate surface area is 123 Å². The minimum Gasteiger partial charge on any atom is -0.391 e. The summed E-state index contributed by atoms with van der Waals surface area (Å²) in [5, 5.41) is 13.9. The standard InChI is InChI=1S/C14H22N4O3/c1-8(2)12(18-6-9(3)5-16-18)14(21)17-7-10(19)4-11(17)13(15)20/h5-6,8,10-12,19H,4,7H2,1-3H3,(H2,15,20). The van der Waals surface area contributed by atoms with E-state index in [2.05, 4.69) is 5.10 Å². The molecule has 0 saturated carbocycles. The average Bonchev–Trinajstić information content (AvgIpc) is 2.95. The van der Waals surface area contributed by atoms with Crippen LogP contribution in [0.2, 0.25) is 0 Å². The lowest BCUT2D eigenvalue weighted by Gasteiger charge is -2.29. The lowest BCUT2D eigenvalue weighted by molar-refractivity contribution is -0.141. The van der Waals surface area contributed by atoms with Gasteiger partial charge in [-0.3, -0.25) is 14.3 Å². The van der Waals surface area contributed by atoms with E-state index < -0.39 is 24.1 Å². The Morgan fingerprint density at radius 3 is 2.62 bits per heavy atom. The summed E-state index contributed by atoms with van der Waals surface area (Å²) in [7, 11) is 0. The maximum Gasteiger partial charge on any atom is 0.248 e. The molecule has 3 N–H and O–H groups in total. The number of aliphatic hydroxyl groups excluding tert-OH is 1. The number of hydrogen-bond donors (Lipinski definition) is 2. The monoisotopic (exact) mass is 294 g/mol. The lowest BCUT2D eigenvalue weighted by atomic mass is 10.0. The molecule has 7 nitrogen and oxygen atoms in total. The van der Waals surface area contributed by atoms with Crippen LogP contribution in [0.4, 0.5) is 0 Å². The predicted molar refractivity (Wildman–Crippen MR) is 76.2 cm³/mol. The first-order chi connectivity index (χ1) is 9.81. The van der Waals surface area contributed by atoms with Crippen LogP contribution in [0.15, 0.2) is 12.4 Å². The van der Waals surface area contributed by atoms with Gasteiger partial charge in [-0.1, -0.05) is 13.8 Å². The number of carbonyl (C=O) groups excluding carboxylic acids is 2. The van der Waals surface area contributed by atoms with Gasteiger partial charge in [-0.15, -0.1) is 0 Å². The van der Waals surface area contributed by atoms with Crippen LogP contribution in [-0.4, -0.2) is 50.3 Å². The first-order valence-corrected chi connectivity index (χ1v) is 7.10. The zero-order chi connectivity index (χ0) is 15.7. The molecule has 2 amide bonds. The van der Waals surface area contributed by atoms with Crippen LogP contribution in [0, 0.1) is 12.8 Å². The molecule has 1 aliphatic heterocycles. The molecule has 21 heavy (non-hydrogen) atoms. The number of hydrogen-bond acceptors (Lipinski definition) is 4. The molecular formula is C14H22N4O3. The van der Waals surface area contributed by atoms with Crippen molar-refractivity contribution >= 4 is 11.8 Å². The minimum absolute atomic E-state index is 0.00284. The van der Waals surface area contributed by atoms with Crippen molar-refractivity contribution in [3.05, 3.63) is 18.0 Å². The summed E-state index contributed by atoms with van der Waals surface area (Å²) in [6, 6.07) is -1.25. The van der Waals surface area contributed by atoms with Gasteiger partial charge in [-0.2, -0.15) is 5.10 Å².